The molecule has 11 aromatic rings. The molecule has 244 valence electrons. The van der Waals surface area contributed by atoms with Crippen LogP contribution in [0.4, 0.5) is 17.1 Å². The Morgan fingerprint density at radius 3 is 1.90 bits per heavy atom. The van der Waals surface area contributed by atoms with Crippen molar-refractivity contribution in [2.75, 3.05) is 4.90 Å². The van der Waals surface area contributed by atoms with Crippen LogP contribution in [-0.2, 0) is 0 Å². The minimum atomic E-state index is 0.582. The molecule has 0 bridgehead atoms. The molecule has 3 heterocycles. The molecule has 52 heavy (non-hydrogen) atoms. The maximum absolute atomic E-state index is 6.78. The van der Waals surface area contributed by atoms with Crippen molar-refractivity contribution in [2.24, 2.45) is 0 Å². The Kier molecular flexibility index (Phi) is 6.18. The highest BCUT2D eigenvalue weighted by atomic mass is 16.4. The molecular formula is C47H28N2O3. The van der Waals surface area contributed by atoms with E-state index in [-0.39, 0.29) is 0 Å². The van der Waals surface area contributed by atoms with Gasteiger partial charge in [-0.3, -0.25) is 0 Å². The zero-order valence-electron chi connectivity index (χ0n) is 27.8. The van der Waals surface area contributed by atoms with Gasteiger partial charge in [0.1, 0.15) is 16.7 Å². The average molecular weight is 669 g/mol. The van der Waals surface area contributed by atoms with E-state index in [9.17, 15) is 0 Å². The first-order chi connectivity index (χ1) is 25.8. The first-order valence-corrected chi connectivity index (χ1v) is 17.4. The topological polar surface area (TPSA) is 55.6 Å². The van der Waals surface area contributed by atoms with Crippen molar-refractivity contribution in [3.63, 3.8) is 0 Å². The van der Waals surface area contributed by atoms with Crippen molar-refractivity contribution in [1.82, 2.24) is 4.98 Å². The molecule has 0 spiro atoms. The van der Waals surface area contributed by atoms with E-state index in [1.165, 1.54) is 16.3 Å². The molecule has 0 saturated heterocycles. The van der Waals surface area contributed by atoms with Gasteiger partial charge in [-0.25, -0.2) is 4.98 Å². The summed E-state index contributed by atoms with van der Waals surface area (Å²) in [5.41, 5.74) is 10.7. The standard InChI is InChI=1S/C47H28N2O3/c1-2-12-31(13-3-1)47-48-38-27-28-42-43(46(38)52-47)37-19-10-21-40(45(37)51-42)49(39-20-9-18-36-35-16-6-7-22-41(35)50-44(36)39)32-25-23-30(24-26-32)34-17-8-14-29-11-4-5-15-33(29)34/h1-28H. The van der Waals surface area contributed by atoms with Crippen molar-refractivity contribution >= 4 is 82.8 Å². The Morgan fingerprint density at radius 1 is 0.404 bits per heavy atom. The summed E-state index contributed by atoms with van der Waals surface area (Å²) in [5, 5.41) is 6.42. The number of benzene rings is 8. The van der Waals surface area contributed by atoms with E-state index < -0.39 is 0 Å². The molecule has 3 aromatic heterocycles. The van der Waals surface area contributed by atoms with Gasteiger partial charge >= 0.3 is 0 Å². The minimum Gasteiger partial charge on any atom is -0.454 e. The largest absolute Gasteiger partial charge is 0.454 e. The van der Waals surface area contributed by atoms with Crippen LogP contribution < -0.4 is 4.90 Å². The molecule has 0 aliphatic heterocycles. The van der Waals surface area contributed by atoms with E-state index in [0.29, 0.717) is 11.5 Å². The SMILES string of the molecule is c1ccc(-c2nc3ccc4oc5c(N(c6ccc(-c7cccc8ccccc78)cc6)c6cccc7c6oc6ccccc67)cccc5c4c3o2)cc1. The van der Waals surface area contributed by atoms with Gasteiger partial charge in [0, 0.05) is 27.4 Å². The van der Waals surface area contributed by atoms with E-state index in [1.54, 1.807) is 0 Å². The molecule has 0 saturated carbocycles. The number of hydrogen-bond acceptors (Lipinski definition) is 5. The zero-order valence-corrected chi connectivity index (χ0v) is 27.8. The summed E-state index contributed by atoms with van der Waals surface area (Å²) < 4.78 is 19.9. The fourth-order valence-corrected chi connectivity index (χ4v) is 7.72. The van der Waals surface area contributed by atoms with Crippen LogP contribution >= 0.6 is 0 Å². The van der Waals surface area contributed by atoms with E-state index >= 15 is 0 Å². The Hall–Kier alpha value is -7.11. The lowest BCUT2D eigenvalue weighted by Gasteiger charge is -2.26. The smallest absolute Gasteiger partial charge is 0.227 e. The van der Waals surface area contributed by atoms with E-state index in [2.05, 4.69) is 120 Å². The first kappa shape index (κ1) is 28.7. The van der Waals surface area contributed by atoms with Crippen molar-refractivity contribution in [3.05, 3.63) is 170 Å². The maximum Gasteiger partial charge on any atom is 0.227 e. The van der Waals surface area contributed by atoms with E-state index in [0.717, 1.165) is 77.6 Å². The van der Waals surface area contributed by atoms with Crippen LogP contribution in [0, 0.1) is 0 Å². The lowest BCUT2D eigenvalue weighted by Crippen LogP contribution is -2.10. The average Bonchev–Trinajstić information content (AvgIpc) is 3.92. The summed E-state index contributed by atoms with van der Waals surface area (Å²) >= 11 is 0. The highest BCUT2D eigenvalue weighted by Crippen LogP contribution is 2.47. The van der Waals surface area contributed by atoms with Crippen molar-refractivity contribution in [1.29, 1.82) is 0 Å². The van der Waals surface area contributed by atoms with Gasteiger partial charge in [0.2, 0.25) is 5.89 Å². The summed E-state index contributed by atoms with van der Waals surface area (Å²) in [7, 11) is 0. The lowest BCUT2D eigenvalue weighted by molar-refractivity contribution is 0.622. The monoisotopic (exact) mass is 668 g/mol. The van der Waals surface area contributed by atoms with Crippen LogP contribution in [-0.4, -0.2) is 4.98 Å². The number of hydrogen-bond donors (Lipinski definition) is 0. The molecule has 11 rings (SSSR count). The number of nitrogens with zero attached hydrogens (tertiary/aromatic N) is 2. The molecule has 0 atom stereocenters. The Morgan fingerprint density at radius 2 is 1.06 bits per heavy atom. The number of furan rings is 2. The van der Waals surface area contributed by atoms with Crippen molar-refractivity contribution < 1.29 is 13.3 Å². The number of oxazole rings is 1. The highest BCUT2D eigenvalue weighted by molar-refractivity contribution is 6.19. The van der Waals surface area contributed by atoms with Crippen LogP contribution in [0.2, 0.25) is 0 Å². The number of fused-ring (bicyclic) bond motifs is 9. The summed E-state index contributed by atoms with van der Waals surface area (Å²) in [6.45, 7) is 0. The van der Waals surface area contributed by atoms with Crippen LogP contribution in [0.25, 0.3) is 88.3 Å². The molecule has 0 aliphatic rings. The van der Waals surface area contributed by atoms with E-state index in [4.69, 9.17) is 18.2 Å². The molecule has 0 unspecified atom stereocenters. The van der Waals surface area contributed by atoms with Gasteiger partial charge in [-0.1, -0.05) is 115 Å². The molecule has 0 N–H and O–H groups in total. The Balaban J connectivity index is 1.15. The van der Waals surface area contributed by atoms with Gasteiger partial charge in [-0.05, 0) is 76.5 Å². The van der Waals surface area contributed by atoms with Gasteiger partial charge < -0.3 is 18.2 Å². The maximum atomic E-state index is 6.78. The molecule has 0 radical (unpaired) electrons. The number of anilines is 3. The quantitative estimate of drug-likeness (QED) is 0.183. The number of para-hydroxylation sites is 3. The molecule has 0 aliphatic carbocycles. The predicted octanol–water partition coefficient (Wildman–Crippen LogP) is 13.6. The van der Waals surface area contributed by atoms with Gasteiger partial charge in [-0.2, -0.15) is 0 Å². The molecule has 5 heteroatoms. The third kappa shape index (κ3) is 4.33. The molecule has 8 aromatic carbocycles. The Bertz CT molecular complexity index is 3130. The molecule has 0 fully saturated rings. The minimum absolute atomic E-state index is 0.582. The summed E-state index contributed by atoms with van der Waals surface area (Å²) in [6.07, 6.45) is 0. The third-order valence-corrected chi connectivity index (χ3v) is 10.1. The second-order valence-electron chi connectivity index (χ2n) is 13.1. The van der Waals surface area contributed by atoms with Crippen LogP contribution in [0.5, 0.6) is 0 Å². The molecular weight excluding hydrogens is 641 g/mol. The molecule has 0 amide bonds. The van der Waals surface area contributed by atoms with Gasteiger partial charge in [0.15, 0.2) is 16.7 Å². The summed E-state index contributed by atoms with van der Waals surface area (Å²) in [5.74, 6) is 0.582. The second kappa shape index (κ2) is 11.2. The zero-order chi connectivity index (χ0) is 34.2. The van der Waals surface area contributed by atoms with Crippen LogP contribution in [0.15, 0.2) is 183 Å². The number of aromatic nitrogens is 1. The predicted molar refractivity (Wildman–Crippen MR) is 212 cm³/mol. The van der Waals surface area contributed by atoms with Crippen LogP contribution in [0.3, 0.4) is 0 Å². The van der Waals surface area contributed by atoms with Gasteiger partial charge in [0.25, 0.3) is 0 Å². The highest BCUT2D eigenvalue weighted by Gasteiger charge is 2.25. The van der Waals surface area contributed by atoms with Crippen molar-refractivity contribution in [3.8, 4) is 22.6 Å². The number of rotatable bonds is 5. The summed E-state index contributed by atoms with van der Waals surface area (Å²) in [6, 6.07) is 58.5. The van der Waals surface area contributed by atoms with E-state index in [1.807, 2.05) is 54.6 Å². The van der Waals surface area contributed by atoms with Gasteiger partial charge in [0.05, 0.1) is 16.8 Å². The fraction of sp³-hybridized carbons (Fsp3) is 0. The normalized spacial score (nSPS) is 11.8. The second-order valence-corrected chi connectivity index (χ2v) is 13.1. The third-order valence-electron chi connectivity index (χ3n) is 10.1. The van der Waals surface area contributed by atoms with Crippen molar-refractivity contribution in [2.45, 2.75) is 0 Å². The molecule has 5 nitrogen and oxygen atoms in total. The Labute approximate surface area is 297 Å². The summed E-state index contributed by atoms with van der Waals surface area (Å²) in [4.78, 5) is 7.09. The fourth-order valence-electron chi connectivity index (χ4n) is 7.72. The van der Waals surface area contributed by atoms with Crippen LogP contribution in [0.1, 0.15) is 0 Å². The lowest BCUT2D eigenvalue weighted by atomic mass is 9.98. The first-order valence-electron chi connectivity index (χ1n) is 17.4. The van der Waals surface area contributed by atoms with Gasteiger partial charge in [-0.15, -0.1) is 0 Å².